The lowest BCUT2D eigenvalue weighted by Crippen LogP contribution is -2.30. The van der Waals surface area contributed by atoms with Crippen molar-refractivity contribution >= 4 is 21.8 Å². The van der Waals surface area contributed by atoms with Gasteiger partial charge < -0.3 is 9.84 Å². The zero-order valence-corrected chi connectivity index (χ0v) is 16.4. The lowest BCUT2D eigenvalue weighted by molar-refractivity contribution is -0.117. The van der Waals surface area contributed by atoms with E-state index in [2.05, 4.69) is 5.10 Å². The highest BCUT2D eigenvalue weighted by Crippen LogP contribution is 2.38. The van der Waals surface area contributed by atoms with Gasteiger partial charge in [-0.1, -0.05) is 0 Å². The Morgan fingerprint density at radius 2 is 2.21 bits per heavy atom. The number of hydrogen-bond acceptors (Lipinski definition) is 6. The highest BCUT2D eigenvalue weighted by atomic mass is 32.2. The monoisotopic (exact) mass is 424 g/mol. The van der Waals surface area contributed by atoms with Gasteiger partial charge in [-0.05, 0) is 37.3 Å². The van der Waals surface area contributed by atoms with Crippen LogP contribution in [0.2, 0.25) is 0 Å². The first kappa shape index (κ1) is 19.6. The summed E-state index contributed by atoms with van der Waals surface area (Å²) >= 11 is 0. The molecule has 1 unspecified atom stereocenters. The van der Waals surface area contributed by atoms with Gasteiger partial charge in [0.2, 0.25) is 0 Å². The number of carbonyl (C=O) groups excluding carboxylic acids is 1. The van der Waals surface area contributed by atoms with Crippen molar-refractivity contribution in [1.29, 1.82) is 0 Å². The summed E-state index contributed by atoms with van der Waals surface area (Å²) in [5, 5.41) is 14.3. The van der Waals surface area contributed by atoms with E-state index in [0.29, 0.717) is 22.3 Å². The molecular weight excluding hydrogens is 403 g/mol. The van der Waals surface area contributed by atoms with E-state index in [-0.39, 0.29) is 5.56 Å². The van der Waals surface area contributed by atoms with E-state index in [0.717, 1.165) is 32.5 Å². The van der Waals surface area contributed by atoms with Crippen molar-refractivity contribution in [3.05, 3.63) is 30.3 Å². The second-order valence-corrected chi connectivity index (χ2v) is 8.79. The molecule has 2 aromatic rings. The number of phenolic OH excluding ortho intramolecular Hbond substituents is 1. The van der Waals surface area contributed by atoms with Crippen molar-refractivity contribution in [3.8, 4) is 16.9 Å². The Labute approximate surface area is 167 Å². The number of benzene rings is 1. The number of carbonyl (C=O) groups is 1. The summed E-state index contributed by atoms with van der Waals surface area (Å²) in [6, 6.07) is 2.55. The van der Waals surface area contributed by atoms with Gasteiger partial charge in [0.1, 0.15) is 18.0 Å². The molecule has 2 aliphatic rings. The quantitative estimate of drug-likeness (QED) is 0.750. The van der Waals surface area contributed by atoms with E-state index >= 15 is 4.39 Å². The SMILES string of the molecule is O=C1CN(c2c(O)ccc(-c3cnn(CCC4CCCOC4)c3)c2F)S(=O)(=O)N1. The zero-order valence-electron chi connectivity index (χ0n) is 15.5. The smallest absolute Gasteiger partial charge is 0.326 e. The fourth-order valence-electron chi connectivity index (χ4n) is 3.64. The van der Waals surface area contributed by atoms with Crippen LogP contribution >= 0.6 is 0 Å². The number of aryl methyl sites for hydroxylation is 1. The van der Waals surface area contributed by atoms with E-state index in [1.54, 1.807) is 15.6 Å². The lowest BCUT2D eigenvalue weighted by atomic mass is 9.99. The van der Waals surface area contributed by atoms with Gasteiger partial charge in [0.05, 0.1) is 6.20 Å². The van der Waals surface area contributed by atoms with Gasteiger partial charge in [-0.2, -0.15) is 13.5 Å². The maximum absolute atomic E-state index is 15.2. The number of amides is 1. The van der Waals surface area contributed by atoms with Gasteiger partial charge in [0, 0.05) is 37.1 Å². The predicted molar refractivity (Wildman–Crippen MR) is 102 cm³/mol. The molecular formula is C18H21FN4O5S. The van der Waals surface area contributed by atoms with Crippen LogP contribution < -0.4 is 9.03 Å². The molecule has 2 fully saturated rings. The van der Waals surface area contributed by atoms with E-state index < -0.39 is 39.9 Å². The number of ether oxygens (including phenoxy) is 1. The molecule has 0 spiro atoms. The molecule has 1 aromatic carbocycles. The number of phenols is 1. The number of hydrogen-bond donors (Lipinski definition) is 2. The normalized spacial score (nSPS) is 21.3. The van der Waals surface area contributed by atoms with Crippen molar-refractivity contribution in [2.75, 3.05) is 24.1 Å². The van der Waals surface area contributed by atoms with Crippen LogP contribution in [0.3, 0.4) is 0 Å². The highest BCUT2D eigenvalue weighted by Gasteiger charge is 2.38. The Bertz CT molecular complexity index is 1030. The van der Waals surface area contributed by atoms with Gasteiger partial charge in [-0.15, -0.1) is 0 Å². The highest BCUT2D eigenvalue weighted by molar-refractivity contribution is 7.92. The minimum absolute atomic E-state index is 0.0830. The minimum Gasteiger partial charge on any atom is -0.506 e. The number of halogens is 1. The molecule has 2 N–H and O–H groups in total. The van der Waals surface area contributed by atoms with Crippen LogP contribution in [0.25, 0.3) is 11.1 Å². The van der Waals surface area contributed by atoms with E-state index in [9.17, 15) is 18.3 Å². The number of anilines is 1. The number of rotatable bonds is 5. The van der Waals surface area contributed by atoms with Gasteiger partial charge in [0.15, 0.2) is 5.82 Å². The molecule has 9 nitrogen and oxygen atoms in total. The fourth-order valence-corrected chi connectivity index (χ4v) is 4.80. The van der Waals surface area contributed by atoms with E-state index in [1.807, 2.05) is 0 Å². The molecule has 4 rings (SSSR count). The molecule has 2 saturated heterocycles. The second-order valence-electron chi connectivity index (χ2n) is 7.20. The van der Waals surface area contributed by atoms with Crippen LogP contribution in [0.5, 0.6) is 5.75 Å². The minimum atomic E-state index is -4.25. The Kier molecular flexibility index (Phi) is 5.17. The van der Waals surface area contributed by atoms with Crippen molar-refractivity contribution in [2.45, 2.75) is 25.8 Å². The first-order valence-electron chi connectivity index (χ1n) is 9.30. The van der Waals surface area contributed by atoms with Crippen LogP contribution in [-0.2, 0) is 26.3 Å². The average molecular weight is 424 g/mol. The molecule has 2 aliphatic heterocycles. The third-order valence-corrected chi connectivity index (χ3v) is 6.51. The Balaban J connectivity index is 1.58. The molecule has 156 valence electrons. The van der Waals surface area contributed by atoms with E-state index in [4.69, 9.17) is 4.74 Å². The standard InChI is InChI=1S/C18H21FN4O5S/c19-17-14(3-4-15(24)18(17)23-10-16(25)21-29(23,26)27)13-8-20-22(9-13)6-5-12-2-1-7-28-11-12/h3-4,8-9,12,24H,1-2,5-7,10-11H2,(H,21,25). The molecule has 0 saturated carbocycles. The van der Waals surface area contributed by atoms with Crippen LogP contribution in [0.1, 0.15) is 19.3 Å². The summed E-state index contributed by atoms with van der Waals surface area (Å²) in [5.41, 5.74) is -0.0351. The fraction of sp³-hybridized carbons (Fsp3) is 0.444. The summed E-state index contributed by atoms with van der Waals surface area (Å²) in [6.45, 7) is 1.60. The summed E-state index contributed by atoms with van der Waals surface area (Å²) < 4.78 is 48.7. The third-order valence-electron chi connectivity index (χ3n) is 5.13. The molecule has 1 atom stereocenters. The molecule has 29 heavy (non-hydrogen) atoms. The van der Waals surface area contributed by atoms with Crippen LogP contribution in [0.15, 0.2) is 24.5 Å². The molecule has 0 radical (unpaired) electrons. The van der Waals surface area contributed by atoms with Crippen molar-refractivity contribution in [2.24, 2.45) is 5.92 Å². The number of aromatic hydroxyl groups is 1. The number of nitrogens with one attached hydrogen (secondary N) is 1. The summed E-state index contributed by atoms with van der Waals surface area (Å²) in [7, 11) is -4.25. The topological polar surface area (TPSA) is 114 Å². The van der Waals surface area contributed by atoms with Gasteiger partial charge in [-0.3, -0.25) is 9.48 Å². The third kappa shape index (κ3) is 3.92. The number of nitrogens with zero attached hydrogens (tertiary/aromatic N) is 3. The van der Waals surface area contributed by atoms with Crippen LogP contribution in [0, 0.1) is 11.7 Å². The maximum Gasteiger partial charge on any atom is 0.326 e. The summed E-state index contributed by atoms with van der Waals surface area (Å²) in [4.78, 5) is 11.5. The molecule has 0 aliphatic carbocycles. The molecule has 11 heteroatoms. The van der Waals surface area contributed by atoms with Crippen molar-refractivity contribution in [1.82, 2.24) is 14.5 Å². The largest absolute Gasteiger partial charge is 0.506 e. The maximum atomic E-state index is 15.2. The molecule has 0 bridgehead atoms. The van der Waals surface area contributed by atoms with E-state index in [1.165, 1.54) is 18.3 Å². The summed E-state index contributed by atoms with van der Waals surface area (Å²) in [5.74, 6) is -1.84. The first-order chi connectivity index (χ1) is 13.8. The van der Waals surface area contributed by atoms with Crippen molar-refractivity contribution < 1.29 is 27.4 Å². The molecule has 1 amide bonds. The molecule has 1 aromatic heterocycles. The average Bonchev–Trinajstić information content (AvgIpc) is 3.25. The van der Waals surface area contributed by atoms with Crippen LogP contribution in [0.4, 0.5) is 10.1 Å². The zero-order chi connectivity index (χ0) is 20.6. The Hall–Kier alpha value is -2.66. The van der Waals surface area contributed by atoms with Crippen molar-refractivity contribution in [3.63, 3.8) is 0 Å². The molecule has 3 heterocycles. The first-order valence-corrected chi connectivity index (χ1v) is 10.7. The van der Waals surface area contributed by atoms with Gasteiger partial charge in [-0.25, -0.2) is 13.4 Å². The second kappa shape index (κ2) is 7.64. The predicted octanol–water partition coefficient (Wildman–Crippen LogP) is 1.39. The van der Waals surface area contributed by atoms with Gasteiger partial charge in [0.25, 0.3) is 5.91 Å². The lowest BCUT2D eigenvalue weighted by Gasteiger charge is -2.21. The Morgan fingerprint density at radius 3 is 2.90 bits per heavy atom. The van der Waals surface area contributed by atoms with Crippen LogP contribution in [-0.4, -0.2) is 49.0 Å². The van der Waals surface area contributed by atoms with Gasteiger partial charge >= 0.3 is 10.2 Å². The number of aromatic nitrogens is 2. The summed E-state index contributed by atoms with van der Waals surface area (Å²) in [6.07, 6.45) is 6.21. The Morgan fingerprint density at radius 1 is 1.38 bits per heavy atom.